The Kier molecular flexibility index (Phi) is 5.70. The van der Waals surface area contributed by atoms with Crippen molar-refractivity contribution in [1.82, 2.24) is 0 Å². The van der Waals surface area contributed by atoms with Gasteiger partial charge in [0.05, 0.1) is 5.41 Å². The van der Waals surface area contributed by atoms with Crippen LogP contribution in [0.1, 0.15) is 26.3 Å². The molecule has 1 aromatic rings. The number of esters is 2. The first kappa shape index (κ1) is 16.2. The van der Waals surface area contributed by atoms with Crippen LogP contribution in [-0.2, 0) is 25.5 Å². The van der Waals surface area contributed by atoms with Crippen molar-refractivity contribution in [2.45, 2.75) is 33.2 Å². The largest absolute Gasteiger partial charge is 0.427 e. The SMILES string of the molecule is CC(C)(C)C(=O)OCOC(=O)C(N)Cc1ccccc1. The summed E-state index contributed by atoms with van der Waals surface area (Å²) in [7, 11) is 0. The molecule has 0 fully saturated rings. The summed E-state index contributed by atoms with van der Waals surface area (Å²) in [5.74, 6) is -1.02. The van der Waals surface area contributed by atoms with E-state index in [1.807, 2.05) is 30.3 Å². The molecular weight excluding hydrogens is 258 g/mol. The van der Waals surface area contributed by atoms with E-state index >= 15 is 0 Å². The van der Waals surface area contributed by atoms with Crippen LogP contribution in [0.3, 0.4) is 0 Å². The summed E-state index contributed by atoms with van der Waals surface area (Å²) in [6, 6.07) is 8.63. The molecule has 0 radical (unpaired) electrons. The monoisotopic (exact) mass is 279 g/mol. The highest BCUT2D eigenvalue weighted by atomic mass is 16.7. The molecule has 0 amide bonds. The van der Waals surface area contributed by atoms with E-state index in [0.717, 1.165) is 5.56 Å². The zero-order chi connectivity index (χ0) is 15.2. The molecule has 1 rings (SSSR count). The highest BCUT2D eigenvalue weighted by Crippen LogP contribution is 2.14. The van der Waals surface area contributed by atoms with E-state index in [1.54, 1.807) is 20.8 Å². The second-order valence-electron chi connectivity index (χ2n) is 5.56. The van der Waals surface area contributed by atoms with Crippen molar-refractivity contribution in [1.29, 1.82) is 0 Å². The number of carbonyl (C=O) groups is 2. The third-order valence-corrected chi connectivity index (χ3v) is 2.60. The van der Waals surface area contributed by atoms with Gasteiger partial charge >= 0.3 is 11.9 Å². The molecule has 0 saturated heterocycles. The van der Waals surface area contributed by atoms with Gasteiger partial charge in [-0.15, -0.1) is 0 Å². The quantitative estimate of drug-likeness (QED) is 0.655. The van der Waals surface area contributed by atoms with Gasteiger partial charge in [0.25, 0.3) is 0 Å². The molecule has 5 nitrogen and oxygen atoms in total. The first-order chi connectivity index (χ1) is 9.30. The molecule has 0 aliphatic carbocycles. The van der Waals surface area contributed by atoms with Crippen molar-refractivity contribution in [2.24, 2.45) is 11.1 Å². The number of hydrogen-bond donors (Lipinski definition) is 1. The maximum Gasteiger partial charge on any atom is 0.326 e. The van der Waals surface area contributed by atoms with E-state index < -0.39 is 30.2 Å². The Bertz CT molecular complexity index is 451. The van der Waals surface area contributed by atoms with Crippen molar-refractivity contribution in [3.05, 3.63) is 35.9 Å². The molecule has 5 heteroatoms. The highest BCUT2D eigenvalue weighted by molar-refractivity contribution is 5.77. The van der Waals surface area contributed by atoms with Crippen molar-refractivity contribution >= 4 is 11.9 Å². The lowest BCUT2D eigenvalue weighted by Gasteiger charge is -2.17. The number of nitrogens with two attached hydrogens (primary N) is 1. The first-order valence-corrected chi connectivity index (χ1v) is 6.44. The van der Waals surface area contributed by atoms with Crippen molar-refractivity contribution in [3.8, 4) is 0 Å². The van der Waals surface area contributed by atoms with E-state index in [-0.39, 0.29) is 0 Å². The maximum atomic E-state index is 11.6. The number of ether oxygens (including phenoxy) is 2. The number of hydrogen-bond acceptors (Lipinski definition) is 5. The number of rotatable bonds is 5. The van der Waals surface area contributed by atoms with Crippen LogP contribution in [0.5, 0.6) is 0 Å². The fraction of sp³-hybridized carbons (Fsp3) is 0.467. The van der Waals surface area contributed by atoms with Crippen LogP contribution in [0.2, 0.25) is 0 Å². The van der Waals surface area contributed by atoms with E-state index in [2.05, 4.69) is 0 Å². The standard InChI is InChI=1S/C15H21NO4/c1-15(2,3)14(18)20-10-19-13(17)12(16)9-11-7-5-4-6-8-11/h4-8,12H,9-10,16H2,1-3H3. The zero-order valence-corrected chi connectivity index (χ0v) is 12.1. The van der Waals surface area contributed by atoms with Gasteiger partial charge in [-0.3, -0.25) is 9.59 Å². The molecule has 0 spiro atoms. The molecular formula is C15H21NO4. The predicted molar refractivity (Wildman–Crippen MR) is 74.6 cm³/mol. The molecule has 0 saturated carbocycles. The van der Waals surface area contributed by atoms with E-state index in [4.69, 9.17) is 15.2 Å². The first-order valence-electron chi connectivity index (χ1n) is 6.44. The average molecular weight is 279 g/mol. The van der Waals surface area contributed by atoms with Gasteiger partial charge < -0.3 is 15.2 Å². The molecule has 0 aliphatic rings. The van der Waals surface area contributed by atoms with Gasteiger partial charge in [-0.2, -0.15) is 0 Å². The molecule has 20 heavy (non-hydrogen) atoms. The minimum absolute atomic E-state index is 0.382. The summed E-state index contributed by atoms with van der Waals surface area (Å²) in [5, 5.41) is 0. The average Bonchev–Trinajstić information content (AvgIpc) is 2.38. The summed E-state index contributed by atoms with van der Waals surface area (Å²) < 4.78 is 9.67. The zero-order valence-electron chi connectivity index (χ0n) is 12.1. The van der Waals surface area contributed by atoms with Crippen molar-refractivity contribution in [3.63, 3.8) is 0 Å². The number of benzene rings is 1. The van der Waals surface area contributed by atoms with Crippen LogP contribution in [0.4, 0.5) is 0 Å². The Balaban J connectivity index is 2.34. The van der Waals surface area contributed by atoms with Gasteiger partial charge in [-0.05, 0) is 32.8 Å². The van der Waals surface area contributed by atoms with Crippen LogP contribution in [0, 0.1) is 5.41 Å². The van der Waals surface area contributed by atoms with Crippen LogP contribution in [0.25, 0.3) is 0 Å². The van der Waals surface area contributed by atoms with Crippen LogP contribution in [0.15, 0.2) is 30.3 Å². The van der Waals surface area contributed by atoms with E-state index in [1.165, 1.54) is 0 Å². The minimum Gasteiger partial charge on any atom is -0.427 e. The Labute approximate surface area is 119 Å². The Morgan fingerprint density at radius 3 is 2.30 bits per heavy atom. The minimum atomic E-state index is -0.772. The van der Waals surface area contributed by atoms with E-state index in [0.29, 0.717) is 6.42 Å². The summed E-state index contributed by atoms with van der Waals surface area (Å²) in [6.07, 6.45) is 0.382. The Morgan fingerprint density at radius 2 is 1.75 bits per heavy atom. The summed E-state index contributed by atoms with van der Waals surface area (Å²) in [6.45, 7) is 4.76. The summed E-state index contributed by atoms with van der Waals surface area (Å²) in [4.78, 5) is 23.1. The molecule has 0 aromatic heterocycles. The lowest BCUT2D eigenvalue weighted by atomic mass is 9.98. The lowest BCUT2D eigenvalue weighted by molar-refractivity contribution is -0.173. The molecule has 0 aliphatic heterocycles. The molecule has 110 valence electrons. The smallest absolute Gasteiger partial charge is 0.326 e. The van der Waals surface area contributed by atoms with Crippen molar-refractivity contribution < 1.29 is 19.1 Å². The van der Waals surface area contributed by atoms with E-state index in [9.17, 15) is 9.59 Å². The van der Waals surface area contributed by atoms with Gasteiger partial charge in [0.15, 0.2) is 0 Å². The summed E-state index contributed by atoms with van der Waals surface area (Å²) >= 11 is 0. The summed E-state index contributed by atoms with van der Waals surface area (Å²) in [5.41, 5.74) is 6.06. The van der Waals surface area contributed by atoms with Crippen LogP contribution >= 0.6 is 0 Å². The second-order valence-corrected chi connectivity index (χ2v) is 5.56. The van der Waals surface area contributed by atoms with Crippen molar-refractivity contribution in [2.75, 3.05) is 6.79 Å². The number of carbonyl (C=O) groups excluding carboxylic acids is 2. The molecule has 0 heterocycles. The third-order valence-electron chi connectivity index (χ3n) is 2.60. The second kappa shape index (κ2) is 7.05. The van der Waals surface area contributed by atoms with Gasteiger partial charge in [0.2, 0.25) is 6.79 Å². The van der Waals surface area contributed by atoms with Crippen LogP contribution < -0.4 is 5.73 Å². The fourth-order valence-electron chi connectivity index (χ4n) is 1.42. The van der Waals surface area contributed by atoms with Crippen LogP contribution in [-0.4, -0.2) is 24.8 Å². The molecule has 0 bridgehead atoms. The Hall–Kier alpha value is -1.88. The van der Waals surface area contributed by atoms with Gasteiger partial charge in [0.1, 0.15) is 6.04 Å². The predicted octanol–water partition coefficient (Wildman–Crippen LogP) is 1.65. The fourth-order valence-corrected chi connectivity index (χ4v) is 1.42. The molecule has 1 atom stereocenters. The normalized spacial score (nSPS) is 12.6. The maximum absolute atomic E-state index is 11.6. The highest BCUT2D eigenvalue weighted by Gasteiger charge is 2.24. The van der Waals surface area contributed by atoms with Gasteiger partial charge in [0, 0.05) is 0 Å². The molecule has 1 aromatic carbocycles. The van der Waals surface area contributed by atoms with Gasteiger partial charge in [-0.1, -0.05) is 30.3 Å². The van der Waals surface area contributed by atoms with Gasteiger partial charge in [-0.25, -0.2) is 0 Å². The molecule has 1 unspecified atom stereocenters. The molecule has 2 N–H and O–H groups in total. The Morgan fingerprint density at radius 1 is 1.15 bits per heavy atom. The topological polar surface area (TPSA) is 78.6 Å². The lowest BCUT2D eigenvalue weighted by Crippen LogP contribution is -2.35. The third kappa shape index (κ3) is 5.40.